The lowest BCUT2D eigenvalue weighted by Gasteiger charge is -2.25. The van der Waals surface area contributed by atoms with Gasteiger partial charge >= 0.3 is 0 Å². The summed E-state index contributed by atoms with van der Waals surface area (Å²) in [5.41, 5.74) is 2.46. The van der Waals surface area contributed by atoms with Crippen molar-refractivity contribution < 1.29 is 4.79 Å². The van der Waals surface area contributed by atoms with Gasteiger partial charge in [-0.2, -0.15) is 5.26 Å². The van der Waals surface area contributed by atoms with Crippen LogP contribution in [0.5, 0.6) is 0 Å². The van der Waals surface area contributed by atoms with Crippen molar-refractivity contribution in [3.63, 3.8) is 0 Å². The fourth-order valence-corrected chi connectivity index (χ4v) is 1.86. The lowest BCUT2D eigenvalue weighted by molar-refractivity contribution is 0.0769. The number of nitrogens with zero attached hydrogens (tertiary/aromatic N) is 2. The molecule has 86 valence electrons. The zero-order chi connectivity index (χ0) is 12.3. The van der Waals surface area contributed by atoms with Gasteiger partial charge in [0.15, 0.2) is 0 Å². The summed E-state index contributed by atoms with van der Waals surface area (Å²) in [6.45, 7) is 3.51. The predicted octanol–water partition coefficient (Wildman–Crippen LogP) is 2.35. The monoisotopic (exact) mass is 226 g/mol. The molecule has 0 saturated heterocycles. The Morgan fingerprint density at radius 3 is 2.94 bits per heavy atom. The van der Waals surface area contributed by atoms with Crippen molar-refractivity contribution in [3.05, 3.63) is 47.0 Å². The molecule has 0 spiro atoms. The lowest BCUT2D eigenvalue weighted by Crippen LogP contribution is -2.34. The van der Waals surface area contributed by atoms with Crippen LogP contribution in [-0.2, 0) is 0 Å². The first-order chi connectivity index (χ1) is 8.20. The van der Waals surface area contributed by atoms with Crippen LogP contribution in [0, 0.1) is 11.3 Å². The van der Waals surface area contributed by atoms with E-state index in [1.807, 2.05) is 11.0 Å². The van der Waals surface area contributed by atoms with Crippen molar-refractivity contribution in [2.45, 2.75) is 13.3 Å². The Bertz CT molecular complexity index is 511. The Hall–Kier alpha value is -2.08. The molecule has 0 unspecified atom stereocenters. The molecule has 0 N–H and O–H groups in total. The molecule has 1 aromatic rings. The summed E-state index contributed by atoms with van der Waals surface area (Å²) < 4.78 is 0. The van der Waals surface area contributed by atoms with Crippen molar-refractivity contribution >= 4 is 5.91 Å². The van der Waals surface area contributed by atoms with Gasteiger partial charge in [-0.1, -0.05) is 17.7 Å². The number of hydrogen-bond acceptors (Lipinski definition) is 2. The second kappa shape index (κ2) is 4.84. The zero-order valence-electron chi connectivity index (χ0n) is 9.81. The quantitative estimate of drug-likeness (QED) is 0.690. The van der Waals surface area contributed by atoms with Gasteiger partial charge in [0.1, 0.15) is 0 Å². The third kappa shape index (κ3) is 2.54. The molecule has 17 heavy (non-hydrogen) atoms. The SMILES string of the molecule is CC1=CCN(C(=O)c2cccc(C#N)c2)CC1. The average molecular weight is 226 g/mol. The molecular weight excluding hydrogens is 212 g/mol. The van der Waals surface area contributed by atoms with Gasteiger partial charge in [-0.15, -0.1) is 0 Å². The molecule has 0 fully saturated rings. The molecule has 1 amide bonds. The van der Waals surface area contributed by atoms with E-state index in [9.17, 15) is 4.79 Å². The van der Waals surface area contributed by atoms with Crippen molar-refractivity contribution in [3.8, 4) is 6.07 Å². The molecule has 3 nitrogen and oxygen atoms in total. The summed E-state index contributed by atoms with van der Waals surface area (Å²) in [6, 6.07) is 8.91. The first-order valence-corrected chi connectivity index (χ1v) is 5.66. The first kappa shape index (κ1) is 11.4. The fourth-order valence-electron chi connectivity index (χ4n) is 1.86. The third-order valence-corrected chi connectivity index (χ3v) is 2.96. The summed E-state index contributed by atoms with van der Waals surface area (Å²) >= 11 is 0. The van der Waals surface area contributed by atoms with Crippen molar-refractivity contribution in [2.24, 2.45) is 0 Å². The average Bonchev–Trinajstić information content (AvgIpc) is 2.39. The van der Waals surface area contributed by atoms with E-state index < -0.39 is 0 Å². The molecule has 0 aromatic heterocycles. The third-order valence-electron chi connectivity index (χ3n) is 2.96. The molecule has 0 atom stereocenters. The zero-order valence-corrected chi connectivity index (χ0v) is 9.81. The predicted molar refractivity (Wildman–Crippen MR) is 65.4 cm³/mol. The summed E-state index contributed by atoms with van der Waals surface area (Å²) in [7, 11) is 0. The summed E-state index contributed by atoms with van der Waals surface area (Å²) in [5.74, 6) is 0.00542. The smallest absolute Gasteiger partial charge is 0.254 e. The van der Waals surface area contributed by atoms with E-state index in [2.05, 4.69) is 13.0 Å². The van der Waals surface area contributed by atoms with E-state index in [4.69, 9.17) is 5.26 Å². The molecule has 3 heteroatoms. The van der Waals surface area contributed by atoms with Crippen LogP contribution in [0.1, 0.15) is 29.3 Å². The summed E-state index contributed by atoms with van der Waals surface area (Å²) in [4.78, 5) is 14.0. The molecule has 1 aliphatic rings. The number of rotatable bonds is 1. The highest BCUT2D eigenvalue weighted by Gasteiger charge is 2.17. The van der Waals surface area contributed by atoms with Crippen LogP contribution < -0.4 is 0 Å². The van der Waals surface area contributed by atoms with E-state index in [1.54, 1.807) is 24.3 Å². The molecule has 1 heterocycles. The molecule has 1 aliphatic heterocycles. The standard InChI is InChI=1S/C14H14N2O/c1-11-5-7-16(8-6-11)14(17)13-4-2-3-12(9-13)10-15/h2-5,9H,6-8H2,1H3. The van der Waals surface area contributed by atoms with Gasteiger partial charge in [-0.25, -0.2) is 0 Å². The van der Waals surface area contributed by atoms with Crippen LogP contribution in [0.4, 0.5) is 0 Å². The van der Waals surface area contributed by atoms with E-state index in [-0.39, 0.29) is 5.91 Å². The number of carbonyl (C=O) groups excluding carboxylic acids is 1. The van der Waals surface area contributed by atoms with Gasteiger partial charge in [0.05, 0.1) is 11.6 Å². The number of benzene rings is 1. The minimum atomic E-state index is 0.00542. The van der Waals surface area contributed by atoms with Gasteiger partial charge < -0.3 is 4.90 Å². The molecule has 1 aromatic carbocycles. The van der Waals surface area contributed by atoms with E-state index >= 15 is 0 Å². The Morgan fingerprint density at radius 2 is 2.29 bits per heavy atom. The highest BCUT2D eigenvalue weighted by Crippen LogP contribution is 2.14. The normalized spacial score (nSPS) is 15.1. The van der Waals surface area contributed by atoms with Crippen molar-refractivity contribution in [1.82, 2.24) is 4.90 Å². The van der Waals surface area contributed by atoms with Crippen molar-refractivity contribution in [1.29, 1.82) is 5.26 Å². The van der Waals surface area contributed by atoms with Gasteiger partial charge in [-0.05, 0) is 31.5 Å². The lowest BCUT2D eigenvalue weighted by atomic mass is 10.1. The number of amides is 1. The van der Waals surface area contributed by atoms with Gasteiger partial charge in [0, 0.05) is 18.7 Å². The van der Waals surface area contributed by atoms with E-state index in [0.29, 0.717) is 17.7 Å². The Morgan fingerprint density at radius 1 is 1.47 bits per heavy atom. The Labute approximate surface area is 101 Å². The highest BCUT2D eigenvalue weighted by molar-refractivity contribution is 5.94. The minimum Gasteiger partial charge on any atom is -0.335 e. The topological polar surface area (TPSA) is 44.1 Å². The van der Waals surface area contributed by atoms with Crippen LogP contribution in [-0.4, -0.2) is 23.9 Å². The van der Waals surface area contributed by atoms with Crippen molar-refractivity contribution in [2.75, 3.05) is 13.1 Å². The second-order valence-corrected chi connectivity index (χ2v) is 4.24. The van der Waals surface area contributed by atoms with E-state index in [1.165, 1.54) is 5.57 Å². The summed E-state index contributed by atoms with van der Waals surface area (Å²) in [5, 5.41) is 8.80. The molecular formula is C14H14N2O. The first-order valence-electron chi connectivity index (χ1n) is 5.66. The molecule has 2 rings (SSSR count). The maximum absolute atomic E-state index is 12.2. The number of nitriles is 1. The second-order valence-electron chi connectivity index (χ2n) is 4.24. The molecule has 0 bridgehead atoms. The molecule has 0 saturated carbocycles. The Balaban J connectivity index is 2.17. The molecule has 0 radical (unpaired) electrons. The number of carbonyl (C=O) groups is 1. The maximum Gasteiger partial charge on any atom is 0.254 e. The van der Waals surface area contributed by atoms with Crippen LogP contribution in [0.3, 0.4) is 0 Å². The Kier molecular flexibility index (Phi) is 3.24. The highest BCUT2D eigenvalue weighted by atomic mass is 16.2. The van der Waals surface area contributed by atoms with Gasteiger partial charge in [0.25, 0.3) is 5.91 Å². The minimum absolute atomic E-state index is 0.00542. The largest absolute Gasteiger partial charge is 0.335 e. The summed E-state index contributed by atoms with van der Waals surface area (Å²) in [6.07, 6.45) is 3.01. The van der Waals surface area contributed by atoms with Crippen LogP contribution in [0.2, 0.25) is 0 Å². The van der Waals surface area contributed by atoms with Crippen LogP contribution in [0.25, 0.3) is 0 Å². The van der Waals surface area contributed by atoms with Crippen LogP contribution >= 0.6 is 0 Å². The number of hydrogen-bond donors (Lipinski definition) is 0. The maximum atomic E-state index is 12.2. The van der Waals surface area contributed by atoms with Crippen LogP contribution in [0.15, 0.2) is 35.9 Å². The van der Waals surface area contributed by atoms with Gasteiger partial charge in [-0.3, -0.25) is 4.79 Å². The molecule has 0 aliphatic carbocycles. The van der Waals surface area contributed by atoms with Gasteiger partial charge in [0.2, 0.25) is 0 Å². The van der Waals surface area contributed by atoms with E-state index in [0.717, 1.165) is 13.0 Å². The fraction of sp³-hybridized carbons (Fsp3) is 0.286.